The summed E-state index contributed by atoms with van der Waals surface area (Å²) >= 11 is 0. The second kappa shape index (κ2) is 9.19. The number of carbonyl (C=O) groups excluding carboxylic acids is 1. The molecule has 0 saturated carbocycles. The molecule has 0 aliphatic rings. The number of hydrogen-bond acceptors (Lipinski definition) is 3. The molecule has 0 rings (SSSR count). The summed E-state index contributed by atoms with van der Waals surface area (Å²) in [7, 11) is 0. The van der Waals surface area contributed by atoms with E-state index < -0.39 is 18.2 Å². The maximum Gasteiger partial charge on any atom is 0.425 e. The quantitative estimate of drug-likeness (QED) is 0.475. The zero-order chi connectivity index (χ0) is 14.0. The van der Waals surface area contributed by atoms with Crippen molar-refractivity contribution in [3.63, 3.8) is 0 Å². The lowest BCUT2D eigenvalue weighted by molar-refractivity contribution is -0.230. The largest absolute Gasteiger partial charge is 0.464 e. The predicted molar refractivity (Wildman–Crippen MR) is 61.2 cm³/mol. The first kappa shape index (κ1) is 17.2. The molecule has 0 fully saturated rings. The van der Waals surface area contributed by atoms with Crippen molar-refractivity contribution in [3.05, 3.63) is 0 Å². The Balaban J connectivity index is 4.18. The van der Waals surface area contributed by atoms with E-state index in [-0.39, 0.29) is 13.2 Å². The lowest BCUT2D eigenvalue weighted by Gasteiger charge is -2.19. The van der Waals surface area contributed by atoms with Crippen LogP contribution in [0.4, 0.5) is 13.2 Å². The molecule has 6 heteroatoms. The van der Waals surface area contributed by atoms with Gasteiger partial charge in [0.15, 0.2) is 0 Å². The first-order valence-corrected chi connectivity index (χ1v) is 6.28. The standard InChI is InChI=1S/C12H21F3O3/c1-3-5-7-9-17-10(12(13,14)15)11(16)18-8-6-4-2/h10H,3-9H2,1-2H3. The third kappa shape index (κ3) is 7.53. The third-order valence-electron chi connectivity index (χ3n) is 2.29. The summed E-state index contributed by atoms with van der Waals surface area (Å²) in [5.74, 6) is -1.34. The van der Waals surface area contributed by atoms with Crippen LogP contribution in [0.25, 0.3) is 0 Å². The topological polar surface area (TPSA) is 35.5 Å². The highest BCUT2D eigenvalue weighted by Crippen LogP contribution is 2.24. The van der Waals surface area contributed by atoms with Gasteiger partial charge in [0.25, 0.3) is 6.10 Å². The van der Waals surface area contributed by atoms with Crippen molar-refractivity contribution in [2.75, 3.05) is 13.2 Å². The average molecular weight is 270 g/mol. The predicted octanol–water partition coefficient (Wildman–Crippen LogP) is 3.47. The molecule has 0 aromatic heterocycles. The number of ether oxygens (including phenoxy) is 2. The van der Waals surface area contributed by atoms with Crippen LogP contribution in [0.3, 0.4) is 0 Å². The summed E-state index contributed by atoms with van der Waals surface area (Å²) in [6.45, 7) is 3.71. The summed E-state index contributed by atoms with van der Waals surface area (Å²) < 4.78 is 46.8. The van der Waals surface area contributed by atoms with Crippen LogP contribution in [-0.2, 0) is 14.3 Å². The summed E-state index contributed by atoms with van der Waals surface area (Å²) in [6.07, 6.45) is -3.71. The molecule has 108 valence electrons. The van der Waals surface area contributed by atoms with Gasteiger partial charge in [0.1, 0.15) is 0 Å². The van der Waals surface area contributed by atoms with E-state index in [2.05, 4.69) is 9.47 Å². The Morgan fingerprint density at radius 1 is 1.06 bits per heavy atom. The molecule has 1 unspecified atom stereocenters. The molecule has 0 aromatic carbocycles. The number of carbonyl (C=O) groups is 1. The van der Waals surface area contributed by atoms with Crippen molar-refractivity contribution in [2.45, 2.75) is 58.2 Å². The van der Waals surface area contributed by atoms with Gasteiger partial charge in [-0.05, 0) is 12.8 Å². The van der Waals surface area contributed by atoms with Gasteiger partial charge < -0.3 is 9.47 Å². The maximum absolute atomic E-state index is 12.6. The number of halogens is 3. The SMILES string of the molecule is CCCCCOC(C(=O)OCCCC)C(F)(F)F. The number of alkyl halides is 3. The first-order chi connectivity index (χ1) is 8.43. The Hall–Kier alpha value is -0.780. The van der Waals surface area contributed by atoms with Crippen molar-refractivity contribution in [1.82, 2.24) is 0 Å². The van der Waals surface area contributed by atoms with E-state index in [4.69, 9.17) is 0 Å². The van der Waals surface area contributed by atoms with Crippen LogP contribution >= 0.6 is 0 Å². The lowest BCUT2D eigenvalue weighted by atomic mass is 10.2. The molecule has 0 amide bonds. The Labute approximate surface area is 106 Å². The zero-order valence-electron chi connectivity index (χ0n) is 10.9. The molecule has 0 N–H and O–H groups in total. The molecule has 1 atom stereocenters. The molecule has 0 aliphatic heterocycles. The van der Waals surface area contributed by atoms with Crippen molar-refractivity contribution >= 4 is 5.97 Å². The second-order valence-corrected chi connectivity index (χ2v) is 4.02. The van der Waals surface area contributed by atoms with Crippen molar-refractivity contribution in [1.29, 1.82) is 0 Å². The van der Waals surface area contributed by atoms with Crippen LogP contribution in [0.5, 0.6) is 0 Å². The minimum Gasteiger partial charge on any atom is -0.464 e. The Morgan fingerprint density at radius 3 is 2.17 bits per heavy atom. The molecular formula is C12H21F3O3. The van der Waals surface area contributed by atoms with E-state index >= 15 is 0 Å². The first-order valence-electron chi connectivity index (χ1n) is 6.28. The van der Waals surface area contributed by atoms with E-state index in [0.29, 0.717) is 12.8 Å². The fourth-order valence-corrected chi connectivity index (χ4v) is 1.24. The Morgan fingerprint density at radius 2 is 1.67 bits per heavy atom. The van der Waals surface area contributed by atoms with Gasteiger partial charge in [-0.2, -0.15) is 13.2 Å². The molecule has 0 radical (unpaired) electrons. The summed E-state index contributed by atoms with van der Waals surface area (Å²) in [5, 5.41) is 0. The van der Waals surface area contributed by atoms with Gasteiger partial charge in [-0.1, -0.05) is 33.1 Å². The number of hydrogen-bond donors (Lipinski definition) is 0. The Kier molecular flexibility index (Phi) is 8.79. The van der Waals surface area contributed by atoms with Gasteiger partial charge in [-0.3, -0.25) is 0 Å². The fourth-order valence-electron chi connectivity index (χ4n) is 1.24. The van der Waals surface area contributed by atoms with E-state index in [1.807, 2.05) is 13.8 Å². The molecule has 3 nitrogen and oxygen atoms in total. The highest BCUT2D eigenvalue weighted by Gasteiger charge is 2.47. The third-order valence-corrected chi connectivity index (χ3v) is 2.29. The van der Waals surface area contributed by atoms with Crippen LogP contribution in [0.2, 0.25) is 0 Å². The number of esters is 1. The van der Waals surface area contributed by atoms with E-state index in [9.17, 15) is 18.0 Å². The van der Waals surface area contributed by atoms with Crippen molar-refractivity contribution < 1.29 is 27.4 Å². The van der Waals surface area contributed by atoms with Gasteiger partial charge in [-0.15, -0.1) is 0 Å². The fraction of sp³-hybridized carbons (Fsp3) is 0.917. The molecule has 18 heavy (non-hydrogen) atoms. The van der Waals surface area contributed by atoms with E-state index in [1.54, 1.807) is 0 Å². The number of rotatable bonds is 9. The van der Waals surface area contributed by atoms with E-state index in [0.717, 1.165) is 19.3 Å². The van der Waals surface area contributed by atoms with Crippen LogP contribution < -0.4 is 0 Å². The molecule has 0 saturated heterocycles. The molecule has 0 aliphatic carbocycles. The second-order valence-electron chi connectivity index (χ2n) is 4.02. The van der Waals surface area contributed by atoms with Crippen LogP contribution in [0, 0.1) is 0 Å². The van der Waals surface area contributed by atoms with Crippen molar-refractivity contribution in [2.24, 2.45) is 0 Å². The minimum absolute atomic E-state index is 0.000231. The van der Waals surface area contributed by atoms with E-state index in [1.165, 1.54) is 0 Å². The summed E-state index contributed by atoms with van der Waals surface area (Å²) in [6, 6.07) is 0. The highest BCUT2D eigenvalue weighted by molar-refractivity contribution is 5.75. The summed E-state index contributed by atoms with van der Waals surface area (Å²) in [4.78, 5) is 11.3. The molecule has 0 bridgehead atoms. The normalized spacial score (nSPS) is 13.4. The molecule has 0 spiro atoms. The number of unbranched alkanes of at least 4 members (excludes halogenated alkanes) is 3. The Bertz CT molecular complexity index is 229. The van der Waals surface area contributed by atoms with Gasteiger partial charge in [0, 0.05) is 6.61 Å². The molecule has 0 heterocycles. The van der Waals surface area contributed by atoms with Crippen molar-refractivity contribution in [3.8, 4) is 0 Å². The van der Waals surface area contributed by atoms with Crippen LogP contribution in [0.1, 0.15) is 46.0 Å². The van der Waals surface area contributed by atoms with Crippen LogP contribution in [-0.4, -0.2) is 31.5 Å². The average Bonchev–Trinajstić information content (AvgIpc) is 2.27. The smallest absolute Gasteiger partial charge is 0.425 e. The maximum atomic E-state index is 12.6. The highest BCUT2D eigenvalue weighted by atomic mass is 19.4. The van der Waals surface area contributed by atoms with Gasteiger partial charge in [-0.25, -0.2) is 4.79 Å². The zero-order valence-corrected chi connectivity index (χ0v) is 10.9. The monoisotopic (exact) mass is 270 g/mol. The summed E-state index contributed by atoms with van der Waals surface area (Å²) in [5.41, 5.74) is 0. The van der Waals surface area contributed by atoms with Gasteiger partial charge in [0.2, 0.25) is 0 Å². The van der Waals surface area contributed by atoms with Crippen LogP contribution in [0.15, 0.2) is 0 Å². The molecule has 0 aromatic rings. The van der Waals surface area contributed by atoms with Gasteiger partial charge in [0.05, 0.1) is 6.61 Å². The lowest BCUT2D eigenvalue weighted by Crippen LogP contribution is -2.40. The minimum atomic E-state index is -4.71. The molecular weight excluding hydrogens is 249 g/mol. The van der Waals surface area contributed by atoms with Gasteiger partial charge >= 0.3 is 12.1 Å².